The van der Waals surface area contributed by atoms with Crippen LogP contribution < -0.4 is 0 Å². The van der Waals surface area contributed by atoms with Gasteiger partial charge in [-0.1, -0.05) is 6.08 Å². The second-order valence-electron chi connectivity index (χ2n) is 1.13. The van der Waals surface area contributed by atoms with Crippen LogP contribution in [0.4, 0.5) is 13.2 Å². The van der Waals surface area contributed by atoms with Crippen molar-refractivity contribution in [2.75, 3.05) is 5.75 Å². The van der Waals surface area contributed by atoms with E-state index in [-0.39, 0.29) is 11.8 Å². The molecule has 0 aromatic rings. The molecule has 0 nitrogen and oxygen atoms in total. The highest BCUT2D eigenvalue weighted by molar-refractivity contribution is 7.80. The standard InChI is InChI=1S/C4H5F3S/c5-4(6,7)2-1-3-8/h1-2,8H,3H2. The summed E-state index contributed by atoms with van der Waals surface area (Å²) in [6.07, 6.45) is -3.06. The first kappa shape index (κ1) is 7.88. The summed E-state index contributed by atoms with van der Waals surface area (Å²) in [4.78, 5) is 0. The zero-order valence-corrected chi connectivity index (χ0v) is 4.84. The summed E-state index contributed by atoms with van der Waals surface area (Å²) >= 11 is 3.55. The minimum atomic E-state index is -4.18. The Labute approximate surface area is 50.8 Å². The Hall–Kier alpha value is -0.120. The van der Waals surface area contributed by atoms with E-state index in [0.29, 0.717) is 0 Å². The molecule has 0 heterocycles. The van der Waals surface area contributed by atoms with Gasteiger partial charge in [0.25, 0.3) is 0 Å². The number of hydrogen-bond donors (Lipinski definition) is 1. The van der Waals surface area contributed by atoms with Gasteiger partial charge in [0.2, 0.25) is 0 Å². The number of thiol groups is 1. The predicted molar refractivity (Wildman–Crippen MR) is 29.0 cm³/mol. The molecule has 0 bridgehead atoms. The molecule has 0 aromatic carbocycles. The van der Waals surface area contributed by atoms with Crippen molar-refractivity contribution in [3.8, 4) is 0 Å². The van der Waals surface area contributed by atoms with E-state index in [4.69, 9.17) is 0 Å². The molecule has 0 N–H and O–H groups in total. The number of rotatable bonds is 1. The molecule has 0 saturated carbocycles. The van der Waals surface area contributed by atoms with Gasteiger partial charge in [0.05, 0.1) is 0 Å². The number of hydrogen-bond acceptors (Lipinski definition) is 1. The lowest BCUT2D eigenvalue weighted by Gasteiger charge is -1.94. The van der Waals surface area contributed by atoms with E-state index in [1.54, 1.807) is 0 Å². The molecule has 48 valence electrons. The maximum atomic E-state index is 11.1. The lowest BCUT2D eigenvalue weighted by atomic mass is 10.5. The monoisotopic (exact) mass is 142 g/mol. The van der Waals surface area contributed by atoms with E-state index in [1.807, 2.05) is 0 Å². The van der Waals surface area contributed by atoms with Crippen molar-refractivity contribution in [1.82, 2.24) is 0 Å². The van der Waals surface area contributed by atoms with E-state index >= 15 is 0 Å². The highest BCUT2D eigenvalue weighted by Crippen LogP contribution is 2.15. The van der Waals surface area contributed by atoms with Gasteiger partial charge >= 0.3 is 6.18 Å². The van der Waals surface area contributed by atoms with Gasteiger partial charge in [-0.15, -0.1) is 0 Å². The summed E-state index contributed by atoms with van der Waals surface area (Å²) in [5.41, 5.74) is 0. The average molecular weight is 142 g/mol. The molecule has 0 fully saturated rings. The first-order valence-corrected chi connectivity index (χ1v) is 2.55. The lowest BCUT2D eigenvalue weighted by molar-refractivity contribution is -0.0799. The summed E-state index contributed by atoms with van der Waals surface area (Å²) in [6, 6.07) is 0. The van der Waals surface area contributed by atoms with Crippen LogP contribution in [0.3, 0.4) is 0 Å². The molecule has 0 aliphatic carbocycles. The van der Waals surface area contributed by atoms with E-state index in [0.717, 1.165) is 6.08 Å². The van der Waals surface area contributed by atoms with E-state index < -0.39 is 6.18 Å². The summed E-state index contributed by atoms with van der Waals surface area (Å²) < 4.78 is 33.4. The van der Waals surface area contributed by atoms with Crippen molar-refractivity contribution in [2.45, 2.75) is 6.18 Å². The molecule has 0 aromatic heterocycles. The van der Waals surface area contributed by atoms with Crippen molar-refractivity contribution < 1.29 is 13.2 Å². The molecule has 0 atom stereocenters. The molecular weight excluding hydrogens is 137 g/mol. The van der Waals surface area contributed by atoms with Crippen LogP contribution in [-0.4, -0.2) is 11.9 Å². The van der Waals surface area contributed by atoms with Crippen LogP contribution in [0, 0.1) is 0 Å². The topological polar surface area (TPSA) is 0 Å². The van der Waals surface area contributed by atoms with Crippen LogP contribution in [0.1, 0.15) is 0 Å². The Morgan fingerprint density at radius 1 is 1.38 bits per heavy atom. The van der Waals surface area contributed by atoms with Gasteiger partial charge < -0.3 is 0 Å². The third-order valence-corrected chi connectivity index (χ3v) is 0.623. The summed E-state index contributed by atoms with van der Waals surface area (Å²) in [6.45, 7) is 0. The molecular formula is C4H5F3S. The molecule has 4 heteroatoms. The van der Waals surface area contributed by atoms with Crippen molar-refractivity contribution >= 4 is 12.6 Å². The Morgan fingerprint density at radius 3 is 2.00 bits per heavy atom. The third-order valence-electron chi connectivity index (χ3n) is 0.412. The van der Waals surface area contributed by atoms with E-state index in [1.165, 1.54) is 0 Å². The van der Waals surface area contributed by atoms with Gasteiger partial charge in [-0.25, -0.2) is 0 Å². The van der Waals surface area contributed by atoms with Gasteiger partial charge in [-0.3, -0.25) is 0 Å². The molecule has 0 rings (SSSR count). The maximum Gasteiger partial charge on any atom is 0.409 e. The Bertz CT molecular complexity index is 83.8. The van der Waals surface area contributed by atoms with E-state index in [2.05, 4.69) is 12.6 Å². The summed E-state index contributed by atoms with van der Waals surface area (Å²) in [5.74, 6) is 0.125. The molecule has 0 radical (unpaired) electrons. The maximum absolute atomic E-state index is 11.1. The SMILES string of the molecule is FC(F)(F)C=CCS. The number of allylic oxidation sites excluding steroid dienone is 1. The fraction of sp³-hybridized carbons (Fsp3) is 0.500. The van der Waals surface area contributed by atoms with Crippen LogP contribution in [0.5, 0.6) is 0 Å². The molecule has 0 spiro atoms. The highest BCUT2D eigenvalue weighted by atomic mass is 32.1. The van der Waals surface area contributed by atoms with Crippen molar-refractivity contribution in [1.29, 1.82) is 0 Å². The molecule has 0 aliphatic heterocycles. The lowest BCUT2D eigenvalue weighted by Crippen LogP contribution is -2.00. The van der Waals surface area contributed by atoms with Gasteiger partial charge in [0, 0.05) is 11.8 Å². The van der Waals surface area contributed by atoms with Crippen LogP contribution in [-0.2, 0) is 0 Å². The predicted octanol–water partition coefficient (Wildman–Crippen LogP) is 2.03. The zero-order chi connectivity index (χ0) is 6.62. The van der Waals surface area contributed by atoms with Gasteiger partial charge in [0.1, 0.15) is 0 Å². The van der Waals surface area contributed by atoms with Crippen LogP contribution in [0.25, 0.3) is 0 Å². The van der Waals surface area contributed by atoms with Gasteiger partial charge in [0.15, 0.2) is 0 Å². The fourth-order valence-corrected chi connectivity index (χ4v) is 0.292. The van der Waals surface area contributed by atoms with Crippen LogP contribution in [0.2, 0.25) is 0 Å². The number of alkyl halides is 3. The smallest absolute Gasteiger partial charge is 0.175 e. The Kier molecular flexibility index (Phi) is 2.97. The quantitative estimate of drug-likeness (QED) is 0.420. The normalized spacial score (nSPS) is 13.0. The van der Waals surface area contributed by atoms with E-state index in [9.17, 15) is 13.2 Å². The molecule has 0 unspecified atom stereocenters. The van der Waals surface area contributed by atoms with Crippen LogP contribution >= 0.6 is 12.6 Å². The average Bonchev–Trinajstić information content (AvgIpc) is 1.59. The summed E-state index contributed by atoms with van der Waals surface area (Å²) in [5, 5.41) is 0. The van der Waals surface area contributed by atoms with Crippen molar-refractivity contribution in [2.24, 2.45) is 0 Å². The molecule has 8 heavy (non-hydrogen) atoms. The minimum Gasteiger partial charge on any atom is -0.175 e. The van der Waals surface area contributed by atoms with Crippen molar-refractivity contribution in [3.63, 3.8) is 0 Å². The zero-order valence-electron chi connectivity index (χ0n) is 3.94. The number of halogens is 3. The van der Waals surface area contributed by atoms with Gasteiger partial charge in [-0.2, -0.15) is 25.8 Å². The fourth-order valence-electron chi connectivity index (χ4n) is 0.186. The minimum absolute atomic E-state index is 0.125. The van der Waals surface area contributed by atoms with Crippen molar-refractivity contribution in [3.05, 3.63) is 12.2 Å². The largest absolute Gasteiger partial charge is 0.409 e. The third kappa shape index (κ3) is 5.88. The highest BCUT2D eigenvalue weighted by Gasteiger charge is 2.21. The molecule has 0 amide bonds. The Morgan fingerprint density at radius 2 is 1.88 bits per heavy atom. The molecule has 0 aliphatic rings. The summed E-state index contributed by atoms with van der Waals surface area (Å²) in [7, 11) is 0. The second kappa shape index (κ2) is 3.02. The van der Waals surface area contributed by atoms with Gasteiger partial charge in [-0.05, 0) is 0 Å². The Balaban J connectivity index is 3.52. The molecule has 0 saturated heterocycles. The van der Waals surface area contributed by atoms with Crippen LogP contribution in [0.15, 0.2) is 12.2 Å². The first-order chi connectivity index (χ1) is 3.56. The first-order valence-electron chi connectivity index (χ1n) is 1.91. The second-order valence-corrected chi connectivity index (χ2v) is 1.49.